The summed E-state index contributed by atoms with van der Waals surface area (Å²) < 4.78 is 5.49. The van der Waals surface area contributed by atoms with Crippen molar-refractivity contribution in [2.24, 2.45) is 0 Å². The lowest BCUT2D eigenvalue weighted by Crippen LogP contribution is -2.40. The van der Waals surface area contributed by atoms with Gasteiger partial charge < -0.3 is 20.8 Å². The summed E-state index contributed by atoms with van der Waals surface area (Å²) in [5.74, 6) is -0.335. The minimum absolute atomic E-state index is 0.0825. The second kappa shape index (κ2) is 7.41. The highest BCUT2D eigenvalue weighted by Gasteiger charge is 2.17. The number of aromatic amines is 2. The Labute approximate surface area is 145 Å². The number of aromatic nitrogens is 2. The molecule has 0 aliphatic carbocycles. The topological polar surface area (TPSA) is 130 Å². The van der Waals surface area contributed by atoms with Gasteiger partial charge in [0.1, 0.15) is 28.8 Å². The van der Waals surface area contributed by atoms with E-state index in [1.165, 1.54) is 0 Å². The van der Waals surface area contributed by atoms with Crippen LogP contribution >= 0.6 is 23.2 Å². The quantitative estimate of drug-likeness (QED) is 0.625. The molecule has 0 aliphatic heterocycles. The first-order valence-electron chi connectivity index (χ1n) is 6.79. The maximum atomic E-state index is 12.1. The number of nitrogen functional groups attached to an aromatic ring is 1. The summed E-state index contributed by atoms with van der Waals surface area (Å²) >= 11 is 11.9. The Hall–Kier alpha value is -2.45. The maximum Gasteiger partial charge on any atom is 0.326 e. The van der Waals surface area contributed by atoms with Crippen LogP contribution in [0, 0.1) is 0 Å². The molecule has 0 radical (unpaired) electrons. The summed E-state index contributed by atoms with van der Waals surface area (Å²) in [5, 5.41) is 3.16. The van der Waals surface area contributed by atoms with E-state index in [9.17, 15) is 14.4 Å². The summed E-state index contributed by atoms with van der Waals surface area (Å²) in [7, 11) is 0. The minimum atomic E-state index is -0.835. The monoisotopic (exact) mass is 372 g/mol. The SMILES string of the molecule is C[C@H](COc1cccc(Cl)c1Cl)NC(=O)c1[nH]c(=O)[nH]c(=O)c1N. The molecular formula is C14H14Cl2N4O4. The molecule has 0 aliphatic rings. The molecule has 1 aromatic heterocycles. The van der Waals surface area contributed by atoms with Crippen molar-refractivity contribution in [2.45, 2.75) is 13.0 Å². The lowest BCUT2D eigenvalue weighted by molar-refractivity contribution is 0.0922. The van der Waals surface area contributed by atoms with Crippen molar-refractivity contribution >= 4 is 34.8 Å². The molecule has 0 bridgehead atoms. The van der Waals surface area contributed by atoms with E-state index in [2.05, 4.69) is 10.3 Å². The number of nitrogens with one attached hydrogen (secondary N) is 3. The Morgan fingerprint density at radius 3 is 2.75 bits per heavy atom. The Kier molecular flexibility index (Phi) is 5.53. The number of H-pyrrole nitrogens is 2. The van der Waals surface area contributed by atoms with Gasteiger partial charge in [0.25, 0.3) is 11.5 Å². The molecule has 2 rings (SSSR count). The lowest BCUT2D eigenvalue weighted by atomic mass is 10.3. The number of carbonyl (C=O) groups is 1. The summed E-state index contributed by atoms with van der Waals surface area (Å²) in [4.78, 5) is 38.8. The largest absolute Gasteiger partial charge is 0.490 e. The van der Waals surface area contributed by atoms with Gasteiger partial charge in [0.15, 0.2) is 0 Å². The van der Waals surface area contributed by atoms with Crippen molar-refractivity contribution in [3.8, 4) is 5.75 Å². The van der Waals surface area contributed by atoms with Gasteiger partial charge in [-0.15, -0.1) is 0 Å². The van der Waals surface area contributed by atoms with Gasteiger partial charge in [0.2, 0.25) is 0 Å². The highest BCUT2D eigenvalue weighted by Crippen LogP contribution is 2.31. The van der Waals surface area contributed by atoms with E-state index in [-0.39, 0.29) is 23.0 Å². The highest BCUT2D eigenvalue weighted by atomic mass is 35.5. The van der Waals surface area contributed by atoms with Crippen LogP contribution in [0.3, 0.4) is 0 Å². The van der Waals surface area contributed by atoms with E-state index in [1.807, 2.05) is 4.98 Å². The van der Waals surface area contributed by atoms with Gasteiger partial charge in [-0.25, -0.2) is 4.79 Å². The van der Waals surface area contributed by atoms with Crippen molar-refractivity contribution in [3.05, 3.63) is 54.8 Å². The molecule has 128 valence electrons. The molecule has 1 heterocycles. The molecule has 0 fully saturated rings. The third-order valence-corrected chi connectivity index (χ3v) is 3.79. The first-order chi connectivity index (χ1) is 11.3. The molecular weight excluding hydrogens is 359 g/mol. The van der Waals surface area contributed by atoms with Gasteiger partial charge in [-0.1, -0.05) is 29.3 Å². The Morgan fingerprint density at radius 1 is 1.33 bits per heavy atom. The first-order valence-corrected chi connectivity index (χ1v) is 7.55. The predicted molar refractivity (Wildman–Crippen MR) is 91.0 cm³/mol. The van der Waals surface area contributed by atoms with Gasteiger partial charge in [0.05, 0.1) is 11.1 Å². The molecule has 10 heteroatoms. The molecule has 8 nitrogen and oxygen atoms in total. The van der Waals surface area contributed by atoms with E-state index in [1.54, 1.807) is 25.1 Å². The maximum absolute atomic E-state index is 12.1. The van der Waals surface area contributed by atoms with Crippen molar-refractivity contribution in [3.63, 3.8) is 0 Å². The number of benzene rings is 1. The zero-order valence-electron chi connectivity index (χ0n) is 12.5. The highest BCUT2D eigenvalue weighted by molar-refractivity contribution is 6.42. The van der Waals surface area contributed by atoms with Crippen LogP contribution in [0.5, 0.6) is 5.75 Å². The molecule has 0 saturated heterocycles. The van der Waals surface area contributed by atoms with Gasteiger partial charge in [-0.05, 0) is 19.1 Å². The van der Waals surface area contributed by atoms with Gasteiger partial charge in [-0.2, -0.15) is 0 Å². The van der Waals surface area contributed by atoms with E-state index in [0.29, 0.717) is 10.8 Å². The number of hydrogen-bond donors (Lipinski definition) is 4. The number of amides is 1. The van der Waals surface area contributed by atoms with Crippen molar-refractivity contribution in [2.75, 3.05) is 12.3 Å². The van der Waals surface area contributed by atoms with Crippen molar-refractivity contribution < 1.29 is 9.53 Å². The normalized spacial score (nSPS) is 11.8. The Balaban J connectivity index is 2.03. The molecule has 0 unspecified atom stereocenters. The fraction of sp³-hybridized carbons (Fsp3) is 0.214. The van der Waals surface area contributed by atoms with Crippen LogP contribution in [0.1, 0.15) is 17.4 Å². The average Bonchev–Trinajstić information content (AvgIpc) is 2.52. The molecule has 1 amide bonds. The molecule has 1 atom stereocenters. The minimum Gasteiger partial charge on any atom is -0.490 e. The number of anilines is 1. The summed E-state index contributed by atoms with van der Waals surface area (Å²) in [6.07, 6.45) is 0. The molecule has 0 saturated carbocycles. The van der Waals surface area contributed by atoms with Crippen molar-refractivity contribution in [1.29, 1.82) is 0 Å². The lowest BCUT2D eigenvalue weighted by Gasteiger charge is -2.16. The van der Waals surface area contributed by atoms with Crippen LogP contribution in [0.4, 0.5) is 5.69 Å². The Morgan fingerprint density at radius 2 is 2.04 bits per heavy atom. The second-order valence-electron chi connectivity index (χ2n) is 4.93. The van der Waals surface area contributed by atoms with Gasteiger partial charge in [0, 0.05) is 0 Å². The zero-order valence-corrected chi connectivity index (χ0v) is 14.0. The van der Waals surface area contributed by atoms with E-state index < -0.39 is 23.2 Å². The van der Waals surface area contributed by atoms with Crippen LogP contribution in [-0.4, -0.2) is 28.5 Å². The number of rotatable bonds is 5. The fourth-order valence-corrected chi connectivity index (χ4v) is 2.17. The number of ether oxygens (including phenoxy) is 1. The third-order valence-electron chi connectivity index (χ3n) is 2.99. The van der Waals surface area contributed by atoms with E-state index in [4.69, 9.17) is 33.7 Å². The molecule has 2 aromatic rings. The average molecular weight is 373 g/mol. The smallest absolute Gasteiger partial charge is 0.326 e. The summed E-state index contributed by atoms with van der Waals surface area (Å²) in [6, 6.07) is 4.46. The van der Waals surface area contributed by atoms with Crippen LogP contribution in [-0.2, 0) is 0 Å². The number of nitrogens with two attached hydrogens (primary N) is 1. The third kappa shape index (κ3) is 4.09. The molecule has 24 heavy (non-hydrogen) atoms. The predicted octanol–water partition coefficient (Wildman–Crippen LogP) is 1.15. The zero-order chi connectivity index (χ0) is 17.9. The molecule has 1 aromatic carbocycles. The standard InChI is InChI=1S/C14H14Cl2N4O4/c1-6(5-24-8-4-2-3-7(15)9(8)16)18-13(22)11-10(17)12(21)20-14(23)19-11/h2-4,6H,5,17H2,1H3,(H,18,22)(H2,19,20,21,23)/t6-/m1/s1. The van der Waals surface area contributed by atoms with Crippen LogP contribution in [0.25, 0.3) is 0 Å². The van der Waals surface area contributed by atoms with Crippen LogP contribution in [0.15, 0.2) is 27.8 Å². The Bertz CT molecular complexity index is 878. The van der Waals surface area contributed by atoms with Gasteiger partial charge >= 0.3 is 5.69 Å². The van der Waals surface area contributed by atoms with Crippen LogP contribution in [0.2, 0.25) is 10.0 Å². The first kappa shape index (κ1) is 17.9. The second-order valence-corrected chi connectivity index (χ2v) is 5.72. The summed E-state index contributed by atoms with van der Waals surface area (Å²) in [6.45, 7) is 1.75. The number of carbonyl (C=O) groups excluding carboxylic acids is 1. The molecule has 0 spiro atoms. The molecule has 5 N–H and O–H groups in total. The van der Waals surface area contributed by atoms with E-state index >= 15 is 0 Å². The van der Waals surface area contributed by atoms with Gasteiger partial charge in [-0.3, -0.25) is 14.6 Å². The fourth-order valence-electron chi connectivity index (χ4n) is 1.82. The van der Waals surface area contributed by atoms with Crippen molar-refractivity contribution in [1.82, 2.24) is 15.3 Å². The summed E-state index contributed by atoms with van der Waals surface area (Å²) in [5.41, 5.74) is 3.15. The van der Waals surface area contributed by atoms with Crippen LogP contribution < -0.4 is 27.0 Å². The number of halogens is 2. The number of hydrogen-bond acceptors (Lipinski definition) is 5. The van der Waals surface area contributed by atoms with E-state index in [0.717, 1.165) is 0 Å².